The van der Waals surface area contributed by atoms with Crippen molar-refractivity contribution in [3.63, 3.8) is 0 Å². The Bertz CT molecular complexity index is 1970. The molecule has 256 valence electrons. The number of aryl methyl sites for hydroxylation is 1. The number of carbonyl (C=O) groups is 4. The Morgan fingerprint density at radius 1 is 1.06 bits per heavy atom. The molecule has 2 aromatic heterocycles. The van der Waals surface area contributed by atoms with Crippen molar-refractivity contribution >= 4 is 52.0 Å². The Morgan fingerprint density at radius 2 is 1.80 bits per heavy atom. The monoisotopic (exact) mass is 686 g/mol. The van der Waals surface area contributed by atoms with Gasteiger partial charge in [-0.05, 0) is 43.2 Å². The smallest absolute Gasteiger partial charge is 0.416 e. The summed E-state index contributed by atoms with van der Waals surface area (Å²) in [6, 6.07) is 1.85. The van der Waals surface area contributed by atoms with E-state index in [-0.39, 0.29) is 53.8 Å². The van der Waals surface area contributed by atoms with Crippen LogP contribution in [0.4, 0.5) is 44.1 Å². The van der Waals surface area contributed by atoms with Gasteiger partial charge in [-0.3, -0.25) is 19.7 Å². The number of fused-ring (bicyclic) bond motifs is 2. The van der Waals surface area contributed by atoms with E-state index < -0.39 is 53.2 Å². The van der Waals surface area contributed by atoms with Crippen molar-refractivity contribution in [1.82, 2.24) is 25.5 Å². The first kappa shape index (κ1) is 33.1. The van der Waals surface area contributed by atoms with Crippen LogP contribution in [-0.2, 0) is 16.1 Å². The minimum atomic E-state index is -5.04. The van der Waals surface area contributed by atoms with Gasteiger partial charge in [0.25, 0.3) is 5.91 Å². The highest BCUT2D eigenvalue weighted by molar-refractivity contribution is 6.05. The van der Waals surface area contributed by atoms with Crippen LogP contribution in [0.15, 0.2) is 47.1 Å². The molecule has 6 rings (SSSR count). The fraction of sp³-hybridized carbons (Fsp3) is 0.290. The van der Waals surface area contributed by atoms with E-state index in [1.165, 1.54) is 24.2 Å². The van der Waals surface area contributed by atoms with E-state index in [2.05, 4.69) is 31.2 Å². The van der Waals surface area contributed by atoms with Gasteiger partial charge in [-0.1, -0.05) is 0 Å². The highest BCUT2D eigenvalue weighted by Crippen LogP contribution is 2.39. The molecule has 2 aliphatic heterocycles. The second-order valence-corrected chi connectivity index (χ2v) is 11.3. The van der Waals surface area contributed by atoms with E-state index in [0.29, 0.717) is 24.7 Å². The van der Waals surface area contributed by atoms with Crippen LogP contribution >= 0.6 is 0 Å². The number of alkyl halides is 3. The number of furan rings is 1. The molecule has 2 aliphatic rings. The molecule has 0 radical (unpaired) electrons. The SMILES string of the molecule is Cc1c([C@@H](NC(=O)Nc2cnc(NCCNc3ccc4c(c3)CN(C3CCC(=O)NC3=O)C4=O)nc2)C(F)(F)F)oc2c(F)cc(F)cc12. The minimum Gasteiger partial charge on any atom is -0.455 e. The molecule has 4 aromatic rings. The van der Waals surface area contributed by atoms with E-state index >= 15 is 0 Å². The zero-order valence-electron chi connectivity index (χ0n) is 25.5. The Kier molecular flexibility index (Phi) is 8.79. The Balaban J connectivity index is 0.999. The maximum absolute atomic E-state index is 14.1. The molecule has 4 heterocycles. The number of nitrogens with zero attached hydrogens (tertiary/aromatic N) is 3. The number of piperidine rings is 1. The number of benzene rings is 2. The van der Waals surface area contributed by atoms with Crippen molar-refractivity contribution in [3.05, 3.63) is 76.8 Å². The van der Waals surface area contributed by atoms with Crippen molar-refractivity contribution in [2.75, 3.05) is 29.0 Å². The zero-order chi connectivity index (χ0) is 35.0. The predicted octanol–water partition coefficient (Wildman–Crippen LogP) is 4.52. The molecule has 2 atom stereocenters. The lowest BCUT2D eigenvalue weighted by Gasteiger charge is -2.29. The largest absolute Gasteiger partial charge is 0.455 e. The summed E-state index contributed by atoms with van der Waals surface area (Å²) >= 11 is 0. The van der Waals surface area contributed by atoms with Gasteiger partial charge < -0.3 is 30.6 Å². The molecule has 1 saturated heterocycles. The van der Waals surface area contributed by atoms with Gasteiger partial charge in [0, 0.05) is 54.3 Å². The van der Waals surface area contributed by atoms with E-state index in [9.17, 15) is 41.1 Å². The molecule has 0 spiro atoms. The first-order chi connectivity index (χ1) is 23.3. The summed E-state index contributed by atoms with van der Waals surface area (Å²) in [5.41, 5.74) is 1.15. The lowest BCUT2D eigenvalue weighted by Crippen LogP contribution is -2.52. The summed E-state index contributed by atoms with van der Waals surface area (Å²) in [7, 11) is 0. The molecule has 0 bridgehead atoms. The van der Waals surface area contributed by atoms with Gasteiger partial charge >= 0.3 is 12.2 Å². The molecule has 0 aliphatic carbocycles. The Labute approximate surface area is 273 Å². The van der Waals surface area contributed by atoms with Crippen LogP contribution in [0.2, 0.25) is 0 Å². The second-order valence-electron chi connectivity index (χ2n) is 11.3. The molecular weight excluding hydrogens is 659 g/mol. The van der Waals surface area contributed by atoms with Crippen molar-refractivity contribution < 1.29 is 45.5 Å². The first-order valence-corrected chi connectivity index (χ1v) is 14.9. The number of rotatable bonds is 9. The average molecular weight is 687 g/mol. The van der Waals surface area contributed by atoms with Gasteiger partial charge in [-0.15, -0.1) is 0 Å². The highest BCUT2D eigenvalue weighted by atomic mass is 19.4. The van der Waals surface area contributed by atoms with Gasteiger partial charge in [0.2, 0.25) is 17.8 Å². The van der Waals surface area contributed by atoms with Gasteiger partial charge in [-0.25, -0.2) is 23.5 Å². The summed E-state index contributed by atoms with van der Waals surface area (Å²) in [5.74, 6) is -3.94. The number of hydrogen-bond donors (Lipinski definition) is 5. The van der Waals surface area contributed by atoms with Crippen molar-refractivity contribution in [2.45, 2.75) is 44.6 Å². The summed E-state index contributed by atoms with van der Waals surface area (Å²) in [4.78, 5) is 58.6. The van der Waals surface area contributed by atoms with E-state index in [0.717, 1.165) is 17.3 Å². The summed E-state index contributed by atoms with van der Waals surface area (Å²) in [6.45, 7) is 2.16. The average Bonchev–Trinajstić information content (AvgIpc) is 3.54. The molecule has 49 heavy (non-hydrogen) atoms. The topological polar surface area (TPSA) is 171 Å². The predicted molar refractivity (Wildman–Crippen MR) is 163 cm³/mol. The van der Waals surface area contributed by atoms with E-state index in [1.54, 1.807) is 23.5 Å². The first-order valence-electron chi connectivity index (χ1n) is 14.9. The fourth-order valence-electron chi connectivity index (χ4n) is 5.68. The summed E-state index contributed by atoms with van der Waals surface area (Å²) in [6.07, 6.45) is -2.28. The molecule has 1 unspecified atom stereocenters. The molecular formula is C31H27F5N8O5. The van der Waals surface area contributed by atoms with Crippen LogP contribution in [-0.4, -0.2) is 63.9 Å². The maximum Gasteiger partial charge on any atom is 0.416 e. The number of hydrogen-bond acceptors (Lipinski definition) is 9. The fourth-order valence-corrected chi connectivity index (χ4v) is 5.68. The van der Waals surface area contributed by atoms with Gasteiger partial charge in [0.1, 0.15) is 17.6 Å². The van der Waals surface area contributed by atoms with Crippen LogP contribution in [0.3, 0.4) is 0 Å². The Morgan fingerprint density at radius 3 is 2.51 bits per heavy atom. The molecule has 1 fully saturated rings. The molecule has 13 nitrogen and oxygen atoms in total. The van der Waals surface area contributed by atoms with Crippen molar-refractivity contribution in [2.24, 2.45) is 0 Å². The summed E-state index contributed by atoms with van der Waals surface area (Å²) < 4.78 is 74.7. The molecule has 2 aromatic carbocycles. The van der Waals surface area contributed by atoms with Gasteiger partial charge in [-0.2, -0.15) is 13.2 Å². The van der Waals surface area contributed by atoms with Crippen LogP contribution in [0.25, 0.3) is 11.0 Å². The normalized spacial score (nSPS) is 16.7. The quantitative estimate of drug-likeness (QED) is 0.0965. The number of halogens is 5. The lowest BCUT2D eigenvalue weighted by atomic mass is 10.0. The molecule has 5 N–H and O–H groups in total. The van der Waals surface area contributed by atoms with Crippen LogP contribution < -0.4 is 26.6 Å². The highest BCUT2D eigenvalue weighted by Gasteiger charge is 2.45. The number of urea groups is 1. The number of imide groups is 1. The van der Waals surface area contributed by atoms with Crippen LogP contribution in [0, 0.1) is 18.6 Å². The number of amides is 5. The number of nitrogens with one attached hydrogen (secondary N) is 5. The minimum absolute atomic E-state index is 0.0319. The standard InChI is InChI=1S/C31H27F5N8O5/c1-14-20-9-16(32)10-21(33)25(20)49-24(14)26(31(34,35)36)43-30(48)41-18-11-39-29(40-12-18)38-7-6-37-17-2-3-19-15(8-17)13-44(28(19)47)22-4-5-23(45)42-27(22)46/h2-3,8-12,22,26,37H,4-7,13H2,1H3,(H,38,39,40)(H2,41,43,48)(H,42,45,46)/t22?,26-/m1/s1. The van der Waals surface area contributed by atoms with Gasteiger partial charge in [0.15, 0.2) is 17.4 Å². The number of anilines is 3. The third kappa shape index (κ3) is 6.93. The van der Waals surface area contributed by atoms with Crippen molar-refractivity contribution in [3.8, 4) is 0 Å². The van der Waals surface area contributed by atoms with E-state index in [1.807, 2.05) is 0 Å². The van der Waals surface area contributed by atoms with Gasteiger partial charge in [0.05, 0.1) is 18.1 Å². The van der Waals surface area contributed by atoms with Crippen LogP contribution in [0.1, 0.15) is 46.1 Å². The zero-order valence-corrected chi connectivity index (χ0v) is 25.5. The number of carbonyl (C=O) groups excluding carboxylic acids is 4. The third-order valence-electron chi connectivity index (χ3n) is 8.03. The van der Waals surface area contributed by atoms with Crippen LogP contribution in [0.5, 0.6) is 0 Å². The van der Waals surface area contributed by atoms with E-state index in [4.69, 9.17) is 4.42 Å². The summed E-state index contributed by atoms with van der Waals surface area (Å²) in [5, 5.41) is 12.2. The van der Waals surface area contributed by atoms with Crippen molar-refractivity contribution in [1.29, 1.82) is 0 Å². The number of aromatic nitrogens is 2. The maximum atomic E-state index is 14.1. The molecule has 5 amide bonds. The second kappa shape index (κ2) is 13.0. The molecule has 18 heteroatoms. The third-order valence-corrected chi connectivity index (χ3v) is 8.03. The molecule has 0 saturated carbocycles. The lowest BCUT2D eigenvalue weighted by molar-refractivity contribution is -0.158. The Hall–Kier alpha value is -5.81.